The minimum absolute atomic E-state index is 0.367. The van der Waals surface area contributed by atoms with Gasteiger partial charge in [0, 0.05) is 18.0 Å². The van der Waals surface area contributed by atoms with E-state index in [0.29, 0.717) is 11.8 Å². The predicted molar refractivity (Wildman–Crippen MR) is 84.9 cm³/mol. The van der Waals surface area contributed by atoms with Crippen molar-refractivity contribution in [3.63, 3.8) is 0 Å². The van der Waals surface area contributed by atoms with Crippen LogP contribution in [0.2, 0.25) is 0 Å². The van der Waals surface area contributed by atoms with Gasteiger partial charge in [-0.1, -0.05) is 66.8 Å². The van der Waals surface area contributed by atoms with Crippen LogP contribution in [0.1, 0.15) is 5.56 Å². The first-order valence-electron chi connectivity index (χ1n) is 7.00. The third kappa shape index (κ3) is 1.83. The van der Waals surface area contributed by atoms with Crippen molar-refractivity contribution in [1.82, 2.24) is 0 Å². The van der Waals surface area contributed by atoms with Gasteiger partial charge in [-0.05, 0) is 22.4 Å². The average Bonchev–Trinajstić information content (AvgIpc) is 2.54. The van der Waals surface area contributed by atoms with Crippen LogP contribution in [0, 0.1) is 11.8 Å². The van der Waals surface area contributed by atoms with Gasteiger partial charge in [-0.15, -0.1) is 0 Å². The SMILES string of the molecule is C1=CC2C=CN=C(c3ccc4ccccc4c3)C2C=C1. The Hall–Kier alpha value is -2.41. The number of rotatable bonds is 1. The molecule has 2 unspecified atom stereocenters. The van der Waals surface area contributed by atoms with E-state index in [0.717, 1.165) is 0 Å². The van der Waals surface area contributed by atoms with Gasteiger partial charge in [0.25, 0.3) is 0 Å². The molecule has 2 aromatic rings. The first-order valence-corrected chi connectivity index (χ1v) is 7.00. The number of benzene rings is 2. The molecule has 0 spiro atoms. The van der Waals surface area contributed by atoms with Crippen molar-refractivity contribution in [2.45, 2.75) is 0 Å². The molecule has 1 nitrogen and oxygen atoms in total. The fraction of sp³-hybridized carbons (Fsp3) is 0.105. The van der Waals surface area contributed by atoms with Crippen LogP contribution in [-0.4, -0.2) is 5.71 Å². The van der Waals surface area contributed by atoms with E-state index in [1.54, 1.807) is 0 Å². The van der Waals surface area contributed by atoms with Crippen LogP contribution in [-0.2, 0) is 0 Å². The van der Waals surface area contributed by atoms with Gasteiger partial charge in [0.05, 0.1) is 5.71 Å². The van der Waals surface area contributed by atoms with Gasteiger partial charge in [-0.2, -0.15) is 0 Å². The molecule has 2 aliphatic rings. The number of hydrogen-bond acceptors (Lipinski definition) is 1. The standard InChI is InChI=1S/C19H15N/c1-2-7-16-13-17(10-9-14(16)5-1)19-18-8-4-3-6-15(18)11-12-20-19/h1-13,15,18H. The molecule has 2 atom stereocenters. The highest BCUT2D eigenvalue weighted by Crippen LogP contribution is 2.29. The molecule has 0 aromatic heterocycles. The second-order valence-electron chi connectivity index (χ2n) is 5.29. The van der Waals surface area contributed by atoms with Crippen molar-refractivity contribution in [2.24, 2.45) is 16.8 Å². The summed E-state index contributed by atoms with van der Waals surface area (Å²) in [5.74, 6) is 0.810. The topological polar surface area (TPSA) is 12.4 Å². The summed E-state index contributed by atoms with van der Waals surface area (Å²) in [4.78, 5) is 4.64. The second kappa shape index (κ2) is 4.61. The third-order valence-electron chi connectivity index (χ3n) is 4.06. The lowest BCUT2D eigenvalue weighted by Crippen LogP contribution is -2.24. The largest absolute Gasteiger partial charge is 0.260 e. The first kappa shape index (κ1) is 11.4. The van der Waals surface area contributed by atoms with E-state index in [1.165, 1.54) is 22.0 Å². The number of fused-ring (bicyclic) bond motifs is 2. The molecule has 1 heteroatoms. The smallest absolute Gasteiger partial charge is 0.0553 e. The molecular weight excluding hydrogens is 242 g/mol. The summed E-state index contributed by atoms with van der Waals surface area (Å²) in [6.07, 6.45) is 12.9. The Bertz CT molecular complexity index is 777. The molecule has 0 saturated carbocycles. The van der Waals surface area contributed by atoms with Crippen LogP contribution in [0.15, 0.2) is 84.0 Å². The summed E-state index contributed by atoms with van der Waals surface area (Å²) in [6, 6.07) is 15.1. The summed E-state index contributed by atoms with van der Waals surface area (Å²) in [7, 11) is 0. The van der Waals surface area contributed by atoms with E-state index in [4.69, 9.17) is 0 Å². The molecule has 0 fully saturated rings. The van der Waals surface area contributed by atoms with Gasteiger partial charge in [0.2, 0.25) is 0 Å². The zero-order chi connectivity index (χ0) is 13.4. The molecule has 96 valence electrons. The zero-order valence-electron chi connectivity index (χ0n) is 11.1. The number of aliphatic imine (C=N–C) groups is 1. The minimum atomic E-state index is 0.367. The maximum Gasteiger partial charge on any atom is 0.0553 e. The second-order valence-corrected chi connectivity index (χ2v) is 5.29. The van der Waals surface area contributed by atoms with Gasteiger partial charge in [0.15, 0.2) is 0 Å². The Balaban J connectivity index is 1.82. The van der Waals surface area contributed by atoms with Crippen molar-refractivity contribution in [3.05, 3.63) is 84.6 Å². The van der Waals surface area contributed by atoms with Gasteiger partial charge >= 0.3 is 0 Å². The summed E-state index contributed by atoms with van der Waals surface area (Å²) in [6.45, 7) is 0. The van der Waals surface area contributed by atoms with Crippen LogP contribution in [0.4, 0.5) is 0 Å². The molecule has 1 aliphatic carbocycles. The van der Waals surface area contributed by atoms with Crippen LogP contribution >= 0.6 is 0 Å². The molecule has 1 aliphatic heterocycles. The number of hydrogen-bond donors (Lipinski definition) is 0. The third-order valence-corrected chi connectivity index (χ3v) is 4.06. The molecule has 20 heavy (non-hydrogen) atoms. The van der Waals surface area contributed by atoms with Crippen molar-refractivity contribution in [1.29, 1.82) is 0 Å². The first-order chi connectivity index (χ1) is 9.92. The van der Waals surface area contributed by atoms with E-state index in [2.05, 4.69) is 77.8 Å². The fourth-order valence-corrected chi connectivity index (χ4v) is 3.01. The van der Waals surface area contributed by atoms with Crippen molar-refractivity contribution < 1.29 is 0 Å². The molecule has 0 N–H and O–H groups in total. The average molecular weight is 257 g/mol. The normalized spacial score (nSPS) is 23.7. The van der Waals surface area contributed by atoms with Crippen LogP contribution in [0.25, 0.3) is 10.8 Å². The monoisotopic (exact) mass is 257 g/mol. The maximum atomic E-state index is 4.64. The van der Waals surface area contributed by atoms with E-state index in [-0.39, 0.29) is 0 Å². The van der Waals surface area contributed by atoms with Gasteiger partial charge < -0.3 is 0 Å². The molecular formula is C19H15N. The van der Waals surface area contributed by atoms with E-state index in [9.17, 15) is 0 Å². The van der Waals surface area contributed by atoms with E-state index in [1.807, 2.05) is 6.20 Å². The highest BCUT2D eigenvalue weighted by atomic mass is 14.7. The van der Waals surface area contributed by atoms with Crippen LogP contribution < -0.4 is 0 Å². The van der Waals surface area contributed by atoms with Crippen LogP contribution in [0.5, 0.6) is 0 Å². The van der Waals surface area contributed by atoms with Crippen molar-refractivity contribution in [2.75, 3.05) is 0 Å². The highest BCUT2D eigenvalue weighted by molar-refractivity contribution is 6.06. The highest BCUT2D eigenvalue weighted by Gasteiger charge is 2.25. The molecule has 0 saturated heterocycles. The van der Waals surface area contributed by atoms with E-state index >= 15 is 0 Å². The predicted octanol–water partition coefficient (Wildman–Crippen LogP) is 4.51. The Labute approximate surface area is 118 Å². The van der Waals surface area contributed by atoms with Crippen molar-refractivity contribution in [3.8, 4) is 0 Å². The van der Waals surface area contributed by atoms with Gasteiger partial charge in [-0.3, -0.25) is 4.99 Å². The lowest BCUT2D eigenvalue weighted by molar-refractivity contribution is 0.691. The molecule has 0 amide bonds. The summed E-state index contributed by atoms with van der Waals surface area (Å²) >= 11 is 0. The quantitative estimate of drug-likeness (QED) is 0.712. The lowest BCUT2D eigenvalue weighted by Gasteiger charge is -2.26. The minimum Gasteiger partial charge on any atom is -0.260 e. The Morgan fingerprint density at radius 3 is 2.60 bits per heavy atom. The molecule has 1 heterocycles. The summed E-state index contributed by atoms with van der Waals surface area (Å²) in [5, 5.41) is 2.55. The lowest BCUT2D eigenvalue weighted by atomic mass is 9.80. The Morgan fingerprint density at radius 2 is 1.65 bits per heavy atom. The van der Waals surface area contributed by atoms with Gasteiger partial charge in [0.1, 0.15) is 0 Å². The number of allylic oxidation sites excluding steroid dienone is 5. The maximum absolute atomic E-state index is 4.64. The zero-order valence-corrected chi connectivity index (χ0v) is 11.1. The van der Waals surface area contributed by atoms with Gasteiger partial charge in [-0.25, -0.2) is 0 Å². The number of nitrogens with zero attached hydrogens (tertiary/aromatic N) is 1. The molecule has 4 rings (SSSR count). The summed E-state index contributed by atoms with van der Waals surface area (Å²) in [5.41, 5.74) is 2.40. The Kier molecular flexibility index (Phi) is 2.63. The van der Waals surface area contributed by atoms with Crippen LogP contribution in [0.3, 0.4) is 0 Å². The summed E-state index contributed by atoms with van der Waals surface area (Å²) < 4.78 is 0. The Morgan fingerprint density at radius 1 is 0.800 bits per heavy atom. The molecule has 0 bridgehead atoms. The fourth-order valence-electron chi connectivity index (χ4n) is 3.01. The molecule has 0 radical (unpaired) electrons. The van der Waals surface area contributed by atoms with E-state index < -0.39 is 0 Å². The molecule has 2 aromatic carbocycles. The van der Waals surface area contributed by atoms with Crippen molar-refractivity contribution >= 4 is 16.5 Å².